The maximum atomic E-state index is 5.60. The number of aromatic amines is 1. The molecular formula is C16H17N3O. The SMILES string of the molecule is CCO[C@H](C)c1ccc(-c2cnc3nc[nH]c3c2)cc1. The van der Waals surface area contributed by atoms with Gasteiger partial charge in [-0.2, -0.15) is 0 Å². The maximum Gasteiger partial charge on any atom is 0.177 e. The molecule has 0 bridgehead atoms. The Hall–Kier alpha value is -2.20. The molecule has 0 aliphatic rings. The fraction of sp³-hybridized carbons (Fsp3) is 0.250. The molecule has 0 amide bonds. The Kier molecular flexibility index (Phi) is 3.48. The van der Waals surface area contributed by atoms with E-state index in [9.17, 15) is 0 Å². The predicted octanol–water partition coefficient (Wildman–Crippen LogP) is 3.72. The summed E-state index contributed by atoms with van der Waals surface area (Å²) >= 11 is 0. The Balaban J connectivity index is 1.90. The zero-order valence-electron chi connectivity index (χ0n) is 11.6. The van der Waals surface area contributed by atoms with E-state index in [1.807, 2.05) is 13.1 Å². The highest BCUT2D eigenvalue weighted by atomic mass is 16.5. The van der Waals surface area contributed by atoms with Crippen molar-refractivity contribution in [2.75, 3.05) is 6.61 Å². The fourth-order valence-corrected chi connectivity index (χ4v) is 2.28. The van der Waals surface area contributed by atoms with Gasteiger partial charge in [0.05, 0.1) is 17.9 Å². The number of aromatic nitrogens is 3. The third-order valence-corrected chi connectivity index (χ3v) is 3.40. The fourth-order valence-electron chi connectivity index (χ4n) is 2.28. The van der Waals surface area contributed by atoms with Gasteiger partial charge in [0.25, 0.3) is 0 Å². The van der Waals surface area contributed by atoms with Gasteiger partial charge in [-0.3, -0.25) is 0 Å². The van der Waals surface area contributed by atoms with Crippen molar-refractivity contribution in [2.24, 2.45) is 0 Å². The molecule has 20 heavy (non-hydrogen) atoms. The zero-order valence-corrected chi connectivity index (χ0v) is 11.6. The summed E-state index contributed by atoms with van der Waals surface area (Å²) in [6, 6.07) is 10.5. The quantitative estimate of drug-likeness (QED) is 0.783. The van der Waals surface area contributed by atoms with Gasteiger partial charge >= 0.3 is 0 Å². The van der Waals surface area contributed by atoms with Gasteiger partial charge in [0.2, 0.25) is 0 Å². The number of nitrogens with zero attached hydrogens (tertiary/aromatic N) is 2. The van der Waals surface area contributed by atoms with Gasteiger partial charge < -0.3 is 9.72 Å². The number of nitrogens with one attached hydrogen (secondary N) is 1. The average Bonchev–Trinajstić information content (AvgIpc) is 2.95. The molecule has 0 saturated carbocycles. The van der Waals surface area contributed by atoms with Crippen LogP contribution in [0.5, 0.6) is 0 Å². The van der Waals surface area contributed by atoms with Crippen LogP contribution in [0.15, 0.2) is 42.9 Å². The van der Waals surface area contributed by atoms with Crippen molar-refractivity contribution in [3.63, 3.8) is 0 Å². The van der Waals surface area contributed by atoms with Crippen LogP contribution < -0.4 is 0 Å². The number of imidazole rings is 1. The molecule has 0 saturated heterocycles. The zero-order chi connectivity index (χ0) is 13.9. The number of pyridine rings is 1. The van der Waals surface area contributed by atoms with Gasteiger partial charge in [-0.05, 0) is 31.0 Å². The van der Waals surface area contributed by atoms with E-state index in [1.165, 1.54) is 5.56 Å². The molecular weight excluding hydrogens is 250 g/mol. The van der Waals surface area contributed by atoms with Gasteiger partial charge in [0.15, 0.2) is 5.65 Å². The lowest BCUT2D eigenvalue weighted by Crippen LogP contribution is -1.98. The Labute approximate surface area is 117 Å². The number of fused-ring (bicyclic) bond motifs is 1. The van der Waals surface area contributed by atoms with Crippen molar-refractivity contribution in [2.45, 2.75) is 20.0 Å². The highest BCUT2D eigenvalue weighted by molar-refractivity contribution is 5.77. The highest BCUT2D eigenvalue weighted by Gasteiger charge is 2.06. The second-order valence-electron chi connectivity index (χ2n) is 4.72. The Morgan fingerprint density at radius 1 is 1.15 bits per heavy atom. The van der Waals surface area contributed by atoms with E-state index in [2.05, 4.69) is 52.2 Å². The van der Waals surface area contributed by atoms with Crippen molar-refractivity contribution in [1.82, 2.24) is 15.0 Å². The highest BCUT2D eigenvalue weighted by Crippen LogP contribution is 2.24. The van der Waals surface area contributed by atoms with Crippen LogP contribution in [-0.4, -0.2) is 21.6 Å². The van der Waals surface area contributed by atoms with Gasteiger partial charge in [0, 0.05) is 18.4 Å². The number of ether oxygens (including phenoxy) is 1. The smallest absolute Gasteiger partial charge is 0.177 e. The van der Waals surface area contributed by atoms with Crippen LogP contribution in [0.1, 0.15) is 25.5 Å². The summed E-state index contributed by atoms with van der Waals surface area (Å²) in [5.41, 5.74) is 5.11. The van der Waals surface area contributed by atoms with E-state index in [0.29, 0.717) is 0 Å². The molecule has 3 rings (SSSR count). The molecule has 1 aromatic carbocycles. The monoisotopic (exact) mass is 267 g/mol. The third kappa shape index (κ3) is 2.42. The van der Waals surface area contributed by atoms with E-state index < -0.39 is 0 Å². The minimum absolute atomic E-state index is 0.127. The average molecular weight is 267 g/mol. The van der Waals surface area contributed by atoms with Crippen molar-refractivity contribution in [3.8, 4) is 11.1 Å². The molecule has 1 atom stereocenters. The number of rotatable bonds is 4. The lowest BCUT2D eigenvalue weighted by Gasteiger charge is -2.12. The van der Waals surface area contributed by atoms with Crippen LogP contribution in [0.3, 0.4) is 0 Å². The third-order valence-electron chi connectivity index (χ3n) is 3.40. The Morgan fingerprint density at radius 2 is 1.95 bits per heavy atom. The summed E-state index contributed by atoms with van der Waals surface area (Å²) in [6.45, 7) is 4.80. The normalized spacial score (nSPS) is 12.7. The minimum atomic E-state index is 0.127. The number of hydrogen-bond donors (Lipinski definition) is 1. The van der Waals surface area contributed by atoms with Crippen LogP contribution >= 0.6 is 0 Å². The summed E-state index contributed by atoms with van der Waals surface area (Å²) in [7, 11) is 0. The first-order chi connectivity index (χ1) is 9.78. The van der Waals surface area contributed by atoms with Crippen LogP contribution in [0, 0.1) is 0 Å². The minimum Gasteiger partial charge on any atom is -0.374 e. The molecule has 2 heterocycles. The molecule has 0 aliphatic carbocycles. The molecule has 0 aliphatic heterocycles. The molecule has 4 heteroatoms. The van der Waals surface area contributed by atoms with Gasteiger partial charge in [-0.25, -0.2) is 9.97 Å². The van der Waals surface area contributed by atoms with Gasteiger partial charge in [-0.1, -0.05) is 24.3 Å². The second-order valence-corrected chi connectivity index (χ2v) is 4.72. The molecule has 0 unspecified atom stereocenters. The molecule has 4 nitrogen and oxygen atoms in total. The molecule has 1 N–H and O–H groups in total. The second kappa shape index (κ2) is 5.43. The standard InChI is InChI=1S/C16H17N3O/c1-3-20-11(2)12-4-6-13(7-5-12)14-8-15-16(17-9-14)19-10-18-15/h4-11H,3H2,1-2H3,(H,17,18,19)/t11-/m1/s1. The van der Waals surface area contributed by atoms with Crippen LogP contribution in [0.25, 0.3) is 22.3 Å². The summed E-state index contributed by atoms with van der Waals surface area (Å²) in [4.78, 5) is 11.5. The number of H-pyrrole nitrogens is 1. The van der Waals surface area contributed by atoms with Crippen molar-refractivity contribution in [3.05, 3.63) is 48.4 Å². The van der Waals surface area contributed by atoms with Crippen molar-refractivity contribution < 1.29 is 4.74 Å². The van der Waals surface area contributed by atoms with E-state index in [4.69, 9.17) is 4.74 Å². The van der Waals surface area contributed by atoms with Gasteiger partial charge in [0.1, 0.15) is 0 Å². The maximum absolute atomic E-state index is 5.60. The first-order valence-corrected chi connectivity index (χ1v) is 6.79. The molecule has 3 aromatic rings. The van der Waals surface area contributed by atoms with Crippen LogP contribution in [-0.2, 0) is 4.74 Å². The lowest BCUT2D eigenvalue weighted by atomic mass is 10.0. The molecule has 0 fully saturated rings. The molecule has 2 aromatic heterocycles. The molecule has 0 spiro atoms. The van der Waals surface area contributed by atoms with Gasteiger partial charge in [-0.15, -0.1) is 0 Å². The predicted molar refractivity (Wildman–Crippen MR) is 79.4 cm³/mol. The van der Waals surface area contributed by atoms with Crippen molar-refractivity contribution >= 4 is 11.2 Å². The first kappa shape index (κ1) is 12.8. The Bertz CT molecular complexity index is 703. The van der Waals surface area contributed by atoms with Crippen molar-refractivity contribution in [1.29, 1.82) is 0 Å². The van der Waals surface area contributed by atoms with E-state index >= 15 is 0 Å². The first-order valence-electron chi connectivity index (χ1n) is 6.79. The number of benzene rings is 1. The van der Waals surface area contributed by atoms with Crippen LogP contribution in [0.4, 0.5) is 0 Å². The summed E-state index contributed by atoms with van der Waals surface area (Å²) in [5.74, 6) is 0. The van der Waals surface area contributed by atoms with E-state index in [-0.39, 0.29) is 6.10 Å². The Morgan fingerprint density at radius 3 is 2.70 bits per heavy atom. The molecule has 0 radical (unpaired) electrons. The molecule has 102 valence electrons. The summed E-state index contributed by atoms with van der Waals surface area (Å²) in [6.07, 6.45) is 3.64. The van der Waals surface area contributed by atoms with E-state index in [1.54, 1.807) is 6.33 Å². The van der Waals surface area contributed by atoms with Crippen LogP contribution in [0.2, 0.25) is 0 Å². The summed E-state index contributed by atoms with van der Waals surface area (Å²) in [5, 5.41) is 0. The topological polar surface area (TPSA) is 50.8 Å². The largest absolute Gasteiger partial charge is 0.374 e. The number of hydrogen-bond acceptors (Lipinski definition) is 3. The van der Waals surface area contributed by atoms with E-state index in [0.717, 1.165) is 28.9 Å². The lowest BCUT2D eigenvalue weighted by molar-refractivity contribution is 0.0764. The summed E-state index contributed by atoms with van der Waals surface area (Å²) < 4.78 is 5.60.